The molecule has 0 aliphatic rings. The molecule has 0 saturated carbocycles. The molecule has 3 rings (SSSR count). The van der Waals surface area contributed by atoms with Gasteiger partial charge in [0.25, 0.3) is 0 Å². The Kier molecular flexibility index (Phi) is 6.22. The number of methoxy groups -OCH3 is 1. The summed E-state index contributed by atoms with van der Waals surface area (Å²) in [6.07, 6.45) is 2.43. The van der Waals surface area contributed by atoms with E-state index in [0.29, 0.717) is 24.9 Å². The summed E-state index contributed by atoms with van der Waals surface area (Å²) in [5.74, 6) is 2.00. The minimum Gasteiger partial charge on any atom is -0.497 e. The van der Waals surface area contributed by atoms with Crippen molar-refractivity contribution in [3.8, 4) is 5.75 Å². The molecule has 0 aliphatic carbocycles. The molecule has 6 nitrogen and oxygen atoms in total. The van der Waals surface area contributed by atoms with E-state index in [2.05, 4.69) is 25.8 Å². The molecule has 0 fully saturated rings. The van der Waals surface area contributed by atoms with Gasteiger partial charge in [-0.15, -0.1) is 5.10 Å². The summed E-state index contributed by atoms with van der Waals surface area (Å²) in [5.41, 5.74) is 2.28. The number of nitrogens with one attached hydrogen (secondary N) is 2. The number of hydrogen-bond donors (Lipinski definition) is 2. The van der Waals surface area contributed by atoms with Crippen LogP contribution in [0, 0.1) is 0 Å². The third-order valence-corrected chi connectivity index (χ3v) is 4.01. The number of ether oxygens (including phenoxy) is 1. The van der Waals surface area contributed by atoms with Crippen LogP contribution in [0.1, 0.15) is 11.1 Å². The maximum absolute atomic E-state index is 5.99. The van der Waals surface area contributed by atoms with Crippen LogP contribution in [0.5, 0.6) is 5.75 Å². The van der Waals surface area contributed by atoms with Gasteiger partial charge in [0.05, 0.1) is 13.3 Å². The molecule has 0 amide bonds. The second-order valence-electron chi connectivity index (χ2n) is 5.67. The molecular weight excluding hydrogens is 350 g/mol. The van der Waals surface area contributed by atoms with Gasteiger partial charge in [0, 0.05) is 18.1 Å². The predicted octanol–water partition coefficient (Wildman–Crippen LogP) is 3.80. The van der Waals surface area contributed by atoms with Crippen LogP contribution in [0.2, 0.25) is 5.02 Å². The maximum atomic E-state index is 5.99. The molecule has 0 unspecified atom stereocenters. The molecule has 0 saturated heterocycles. The summed E-state index contributed by atoms with van der Waals surface area (Å²) < 4.78 is 5.16. The summed E-state index contributed by atoms with van der Waals surface area (Å²) >= 11 is 5.99. The average molecular weight is 370 g/mol. The first-order chi connectivity index (χ1) is 12.7. The molecule has 3 aromatic rings. The summed E-state index contributed by atoms with van der Waals surface area (Å²) in [4.78, 5) is 4.42. The zero-order valence-corrected chi connectivity index (χ0v) is 15.2. The first kappa shape index (κ1) is 17.9. The lowest BCUT2D eigenvalue weighted by atomic mass is 10.1. The lowest BCUT2D eigenvalue weighted by molar-refractivity contribution is 0.414. The van der Waals surface area contributed by atoms with Gasteiger partial charge in [0.2, 0.25) is 5.95 Å². The zero-order valence-electron chi connectivity index (χ0n) is 14.4. The van der Waals surface area contributed by atoms with Gasteiger partial charge in [-0.1, -0.05) is 35.9 Å². The van der Waals surface area contributed by atoms with Crippen molar-refractivity contribution >= 4 is 23.4 Å². The Morgan fingerprint density at radius 3 is 2.65 bits per heavy atom. The summed E-state index contributed by atoms with van der Waals surface area (Å²) in [7, 11) is 1.65. The molecule has 0 atom stereocenters. The van der Waals surface area contributed by atoms with Gasteiger partial charge < -0.3 is 15.4 Å². The lowest BCUT2D eigenvalue weighted by Gasteiger charge is -2.08. The van der Waals surface area contributed by atoms with Crippen molar-refractivity contribution in [3.05, 3.63) is 70.9 Å². The first-order valence-electron chi connectivity index (χ1n) is 8.28. The molecule has 0 bridgehead atoms. The van der Waals surface area contributed by atoms with Crippen LogP contribution in [-0.4, -0.2) is 28.8 Å². The van der Waals surface area contributed by atoms with E-state index in [1.54, 1.807) is 13.3 Å². The van der Waals surface area contributed by atoms with Gasteiger partial charge in [-0.05, 0) is 41.8 Å². The van der Waals surface area contributed by atoms with Crippen molar-refractivity contribution in [3.63, 3.8) is 0 Å². The van der Waals surface area contributed by atoms with Crippen LogP contribution in [0.15, 0.2) is 54.7 Å². The Morgan fingerprint density at radius 2 is 1.88 bits per heavy atom. The van der Waals surface area contributed by atoms with E-state index in [1.165, 1.54) is 0 Å². The van der Waals surface area contributed by atoms with E-state index >= 15 is 0 Å². The van der Waals surface area contributed by atoms with Crippen LogP contribution in [0.4, 0.5) is 11.8 Å². The zero-order chi connectivity index (χ0) is 18.2. The Labute approximate surface area is 157 Å². The van der Waals surface area contributed by atoms with E-state index in [1.807, 2.05) is 48.5 Å². The highest BCUT2D eigenvalue weighted by atomic mass is 35.5. The number of halogens is 1. The Morgan fingerprint density at radius 1 is 1.04 bits per heavy atom. The fraction of sp³-hybridized carbons (Fsp3) is 0.211. The van der Waals surface area contributed by atoms with Crippen LogP contribution < -0.4 is 15.4 Å². The molecule has 2 aromatic carbocycles. The minimum atomic E-state index is 0.492. The standard InChI is InChI=1S/C19H20ClN5O/c1-26-17-7-5-15(6-8-17)12-22-18-13-23-25-19(24-18)21-10-9-14-3-2-4-16(20)11-14/h2-8,11,13H,9-10,12H2,1H3,(H2,21,22,24,25). The van der Waals surface area contributed by atoms with Gasteiger partial charge in [0.1, 0.15) is 5.75 Å². The maximum Gasteiger partial charge on any atom is 0.244 e. The van der Waals surface area contributed by atoms with Crippen molar-refractivity contribution in [2.24, 2.45) is 0 Å². The fourth-order valence-corrected chi connectivity index (χ4v) is 2.62. The normalized spacial score (nSPS) is 10.4. The van der Waals surface area contributed by atoms with Crippen LogP contribution in [-0.2, 0) is 13.0 Å². The van der Waals surface area contributed by atoms with E-state index in [-0.39, 0.29) is 0 Å². The SMILES string of the molecule is COc1ccc(CNc2cnnc(NCCc3cccc(Cl)c3)n2)cc1. The molecule has 26 heavy (non-hydrogen) atoms. The molecule has 0 aliphatic heterocycles. The minimum absolute atomic E-state index is 0.492. The van der Waals surface area contributed by atoms with Gasteiger partial charge in [0.15, 0.2) is 5.82 Å². The Balaban J connectivity index is 1.50. The number of hydrogen-bond acceptors (Lipinski definition) is 6. The van der Waals surface area contributed by atoms with Gasteiger partial charge in [-0.25, -0.2) is 0 Å². The molecule has 134 valence electrons. The second kappa shape index (κ2) is 9.01. The second-order valence-corrected chi connectivity index (χ2v) is 6.11. The molecule has 2 N–H and O–H groups in total. The van der Waals surface area contributed by atoms with E-state index in [9.17, 15) is 0 Å². The van der Waals surface area contributed by atoms with E-state index in [0.717, 1.165) is 28.3 Å². The van der Waals surface area contributed by atoms with Crippen molar-refractivity contribution < 1.29 is 4.74 Å². The van der Waals surface area contributed by atoms with Crippen LogP contribution in [0.25, 0.3) is 0 Å². The summed E-state index contributed by atoms with van der Waals surface area (Å²) in [6, 6.07) is 15.7. The number of anilines is 2. The number of rotatable bonds is 8. The monoisotopic (exact) mass is 369 g/mol. The quantitative estimate of drug-likeness (QED) is 0.629. The first-order valence-corrected chi connectivity index (χ1v) is 8.65. The predicted molar refractivity (Wildman–Crippen MR) is 104 cm³/mol. The fourth-order valence-electron chi connectivity index (χ4n) is 2.41. The topological polar surface area (TPSA) is 72.0 Å². The number of benzene rings is 2. The highest BCUT2D eigenvalue weighted by Gasteiger charge is 2.02. The van der Waals surface area contributed by atoms with Crippen molar-refractivity contribution in [2.75, 3.05) is 24.3 Å². The van der Waals surface area contributed by atoms with Crippen molar-refractivity contribution in [2.45, 2.75) is 13.0 Å². The average Bonchev–Trinajstić information content (AvgIpc) is 2.67. The molecule has 7 heteroatoms. The van der Waals surface area contributed by atoms with Gasteiger partial charge >= 0.3 is 0 Å². The number of nitrogens with zero attached hydrogens (tertiary/aromatic N) is 3. The molecule has 0 radical (unpaired) electrons. The van der Waals surface area contributed by atoms with Gasteiger partial charge in [-0.2, -0.15) is 10.1 Å². The molecule has 1 heterocycles. The molecule has 1 aromatic heterocycles. The Bertz CT molecular complexity index is 841. The van der Waals surface area contributed by atoms with Gasteiger partial charge in [-0.3, -0.25) is 0 Å². The lowest BCUT2D eigenvalue weighted by Crippen LogP contribution is -2.10. The third kappa shape index (κ3) is 5.32. The third-order valence-electron chi connectivity index (χ3n) is 3.78. The largest absolute Gasteiger partial charge is 0.497 e. The number of aromatic nitrogens is 3. The van der Waals surface area contributed by atoms with Crippen LogP contribution >= 0.6 is 11.6 Å². The smallest absolute Gasteiger partial charge is 0.244 e. The Hall–Kier alpha value is -2.86. The molecular formula is C19H20ClN5O. The van der Waals surface area contributed by atoms with Crippen molar-refractivity contribution in [1.29, 1.82) is 0 Å². The van der Waals surface area contributed by atoms with Crippen molar-refractivity contribution in [1.82, 2.24) is 15.2 Å². The summed E-state index contributed by atoms with van der Waals surface area (Å²) in [6.45, 7) is 1.34. The van der Waals surface area contributed by atoms with E-state index < -0.39 is 0 Å². The highest BCUT2D eigenvalue weighted by molar-refractivity contribution is 6.30. The van der Waals surface area contributed by atoms with Crippen LogP contribution in [0.3, 0.4) is 0 Å². The summed E-state index contributed by atoms with van der Waals surface area (Å²) in [5, 5.41) is 15.2. The molecule has 0 spiro atoms. The van der Waals surface area contributed by atoms with E-state index in [4.69, 9.17) is 16.3 Å². The highest BCUT2D eigenvalue weighted by Crippen LogP contribution is 2.13.